The van der Waals surface area contributed by atoms with E-state index in [0.29, 0.717) is 4.88 Å². The standard InChI is InChI=1S/C13H12N2O2S/c1-8(16)15-10-4-2-3-9(7-10)11-5-6-12(18-11)13(14)17/h2-7H,1H3,(H2,14,17)(H,15,16). The fourth-order valence-corrected chi connectivity index (χ4v) is 2.43. The number of carbonyl (C=O) groups excluding carboxylic acids is 2. The summed E-state index contributed by atoms with van der Waals surface area (Å²) in [5.74, 6) is -0.541. The first-order valence-corrected chi connectivity index (χ1v) is 6.15. The number of carbonyl (C=O) groups is 2. The Hall–Kier alpha value is -2.14. The highest BCUT2D eigenvalue weighted by molar-refractivity contribution is 7.17. The molecule has 2 rings (SSSR count). The number of thiophene rings is 1. The molecule has 0 aliphatic heterocycles. The van der Waals surface area contributed by atoms with Gasteiger partial charge in [-0.25, -0.2) is 0 Å². The minimum Gasteiger partial charge on any atom is -0.365 e. The fraction of sp³-hybridized carbons (Fsp3) is 0.0769. The van der Waals surface area contributed by atoms with Crippen molar-refractivity contribution in [2.75, 3.05) is 5.32 Å². The summed E-state index contributed by atoms with van der Waals surface area (Å²) in [7, 11) is 0. The van der Waals surface area contributed by atoms with E-state index >= 15 is 0 Å². The van der Waals surface area contributed by atoms with Gasteiger partial charge in [-0.1, -0.05) is 12.1 Å². The maximum Gasteiger partial charge on any atom is 0.258 e. The molecule has 2 aromatic rings. The number of nitrogens with one attached hydrogen (secondary N) is 1. The van der Waals surface area contributed by atoms with Gasteiger partial charge < -0.3 is 11.1 Å². The first kappa shape index (κ1) is 12.3. The van der Waals surface area contributed by atoms with Crippen LogP contribution in [0, 0.1) is 0 Å². The van der Waals surface area contributed by atoms with Gasteiger partial charge in [0.05, 0.1) is 4.88 Å². The predicted molar refractivity (Wildman–Crippen MR) is 72.6 cm³/mol. The van der Waals surface area contributed by atoms with Crippen LogP contribution in [0.1, 0.15) is 16.6 Å². The normalized spacial score (nSPS) is 10.1. The molecule has 5 heteroatoms. The van der Waals surface area contributed by atoms with Gasteiger partial charge in [-0.2, -0.15) is 0 Å². The van der Waals surface area contributed by atoms with Gasteiger partial charge in [-0.3, -0.25) is 9.59 Å². The van der Waals surface area contributed by atoms with Crippen molar-refractivity contribution < 1.29 is 9.59 Å². The zero-order valence-corrected chi connectivity index (χ0v) is 10.6. The van der Waals surface area contributed by atoms with Crippen LogP contribution in [0.2, 0.25) is 0 Å². The van der Waals surface area contributed by atoms with E-state index in [1.54, 1.807) is 6.07 Å². The van der Waals surface area contributed by atoms with Gasteiger partial charge in [0.25, 0.3) is 5.91 Å². The molecule has 0 saturated heterocycles. The second kappa shape index (κ2) is 5.01. The molecule has 18 heavy (non-hydrogen) atoms. The Kier molecular flexibility index (Phi) is 3.43. The first-order chi connectivity index (χ1) is 8.56. The van der Waals surface area contributed by atoms with Gasteiger partial charge in [0.1, 0.15) is 0 Å². The van der Waals surface area contributed by atoms with Gasteiger partial charge in [0.15, 0.2) is 0 Å². The van der Waals surface area contributed by atoms with Crippen molar-refractivity contribution in [1.29, 1.82) is 0 Å². The Morgan fingerprint density at radius 3 is 2.61 bits per heavy atom. The number of benzene rings is 1. The monoisotopic (exact) mass is 260 g/mol. The molecule has 0 radical (unpaired) electrons. The highest BCUT2D eigenvalue weighted by Gasteiger charge is 2.07. The summed E-state index contributed by atoms with van der Waals surface area (Å²) in [5, 5.41) is 2.72. The molecule has 92 valence electrons. The number of hydrogen-bond donors (Lipinski definition) is 2. The largest absolute Gasteiger partial charge is 0.365 e. The molecular formula is C13H12N2O2S. The van der Waals surface area contributed by atoms with E-state index in [2.05, 4.69) is 5.32 Å². The fourth-order valence-electron chi connectivity index (χ4n) is 1.58. The van der Waals surface area contributed by atoms with Crippen molar-refractivity contribution in [2.45, 2.75) is 6.92 Å². The molecule has 2 amide bonds. The van der Waals surface area contributed by atoms with Crippen LogP contribution in [0.5, 0.6) is 0 Å². The summed E-state index contributed by atoms with van der Waals surface area (Å²) in [6, 6.07) is 11.0. The van der Waals surface area contributed by atoms with E-state index in [1.807, 2.05) is 30.3 Å². The van der Waals surface area contributed by atoms with E-state index < -0.39 is 5.91 Å². The van der Waals surface area contributed by atoms with Crippen LogP contribution in [0.25, 0.3) is 10.4 Å². The molecule has 0 aliphatic rings. The molecule has 0 unspecified atom stereocenters. The third kappa shape index (κ3) is 2.75. The second-order valence-electron chi connectivity index (χ2n) is 3.79. The summed E-state index contributed by atoms with van der Waals surface area (Å²) >= 11 is 1.33. The van der Waals surface area contributed by atoms with Crippen molar-refractivity contribution in [3.8, 4) is 10.4 Å². The summed E-state index contributed by atoms with van der Waals surface area (Å²) in [5.41, 5.74) is 6.89. The molecule has 0 bridgehead atoms. The van der Waals surface area contributed by atoms with Crippen molar-refractivity contribution >= 4 is 28.8 Å². The topological polar surface area (TPSA) is 72.2 Å². The van der Waals surface area contributed by atoms with Crippen molar-refractivity contribution in [1.82, 2.24) is 0 Å². The Morgan fingerprint density at radius 2 is 2.00 bits per heavy atom. The number of anilines is 1. The molecule has 0 fully saturated rings. The minimum atomic E-state index is -0.427. The molecule has 4 nitrogen and oxygen atoms in total. The number of rotatable bonds is 3. The van der Waals surface area contributed by atoms with Gasteiger partial charge in [-0.15, -0.1) is 11.3 Å². The van der Waals surface area contributed by atoms with Crippen molar-refractivity contribution in [3.63, 3.8) is 0 Å². The summed E-state index contributed by atoms with van der Waals surface area (Å²) in [6.07, 6.45) is 0. The highest BCUT2D eigenvalue weighted by Crippen LogP contribution is 2.29. The Labute approximate surface area is 108 Å². The Balaban J connectivity index is 2.32. The molecular weight excluding hydrogens is 248 g/mol. The van der Waals surface area contributed by atoms with Gasteiger partial charge in [0, 0.05) is 17.5 Å². The van der Waals surface area contributed by atoms with Crippen LogP contribution in [0.4, 0.5) is 5.69 Å². The van der Waals surface area contributed by atoms with Crippen LogP contribution in [0.15, 0.2) is 36.4 Å². The number of amides is 2. The molecule has 1 heterocycles. The van der Waals surface area contributed by atoms with Crippen LogP contribution in [0.3, 0.4) is 0 Å². The maximum absolute atomic E-state index is 11.0. The Morgan fingerprint density at radius 1 is 1.22 bits per heavy atom. The van der Waals surface area contributed by atoms with Crippen molar-refractivity contribution in [3.05, 3.63) is 41.3 Å². The minimum absolute atomic E-state index is 0.115. The molecule has 0 saturated carbocycles. The van der Waals surface area contributed by atoms with Gasteiger partial charge >= 0.3 is 0 Å². The highest BCUT2D eigenvalue weighted by atomic mass is 32.1. The van der Waals surface area contributed by atoms with Gasteiger partial charge in [0.2, 0.25) is 5.91 Å². The first-order valence-electron chi connectivity index (χ1n) is 5.34. The lowest BCUT2D eigenvalue weighted by molar-refractivity contribution is -0.114. The zero-order valence-electron chi connectivity index (χ0n) is 9.77. The number of hydrogen-bond acceptors (Lipinski definition) is 3. The SMILES string of the molecule is CC(=O)Nc1cccc(-c2ccc(C(N)=O)s2)c1. The Bertz CT molecular complexity index is 605. The summed E-state index contributed by atoms with van der Waals surface area (Å²) in [4.78, 5) is 23.5. The maximum atomic E-state index is 11.0. The zero-order chi connectivity index (χ0) is 13.1. The van der Waals surface area contributed by atoms with Gasteiger partial charge in [-0.05, 0) is 29.8 Å². The van der Waals surface area contributed by atoms with Crippen LogP contribution < -0.4 is 11.1 Å². The molecule has 1 aromatic carbocycles. The van der Waals surface area contributed by atoms with Crippen LogP contribution in [-0.2, 0) is 4.79 Å². The molecule has 0 spiro atoms. The van der Waals surface area contributed by atoms with E-state index in [-0.39, 0.29) is 5.91 Å². The predicted octanol–water partition coefficient (Wildman–Crippen LogP) is 2.47. The second-order valence-corrected chi connectivity index (χ2v) is 4.87. The molecule has 3 N–H and O–H groups in total. The number of primary amides is 1. The molecule has 0 atom stereocenters. The quantitative estimate of drug-likeness (QED) is 0.889. The van der Waals surface area contributed by atoms with Crippen LogP contribution in [-0.4, -0.2) is 11.8 Å². The summed E-state index contributed by atoms with van der Waals surface area (Å²) in [6.45, 7) is 1.46. The molecule has 1 aromatic heterocycles. The number of nitrogens with two attached hydrogens (primary N) is 1. The van der Waals surface area contributed by atoms with Crippen molar-refractivity contribution in [2.24, 2.45) is 5.73 Å². The third-order valence-electron chi connectivity index (χ3n) is 2.32. The van der Waals surface area contributed by atoms with E-state index in [9.17, 15) is 9.59 Å². The lowest BCUT2D eigenvalue weighted by atomic mass is 10.1. The third-order valence-corrected chi connectivity index (χ3v) is 3.47. The average Bonchev–Trinajstić information content (AvgIpc) is 2.77. The van der Waals surface area contributed by atoms with E-state index in [0.717, 1.165) is 16.1 Å². The molecule has 0 aliphatic carbocycles. The van der Waals surface area contributed by atoms with E-state index in [4.69, 9.17) is 5.73 Å². The smallest absolute Gasteiger partial charge is 0.258 e. The average molecular weight is 260 g/mol. The summed E-state index contributed by atoms with van der Waals surface area (Å²) < 4.78 is 0. The lowest BCUT2D eigenvalue weighted by Gasteiger charge is -2.03. The van der Waals surface area contributed by atoms with Crippen LogP contribution >= 0.6 is 11.3 Å². The van der Waals surface area contributed by atoms with E-state index in [1.165, 1.54) is 18.3 Å². The lowest BCUT2D eigenvalue weighted by Crippen LogP contribution is -2.07.